The SMILES string of the molecule is O=c1[nH]c(=O)c2c(nc(Cl)n2Cc2ccc(Cl)cc2)[nH]1.O=c1[nH]c(=O)c2c(ncn2Cc2ccc(Cl)cc2)[nH]1. The van der Waals surface area contributed by atoms with Crippen LogP contribution in [-0.4, -0.2) is 39.0 Å². The van der Waals surface area contributed by atoms with Crippen LogP contribution in [0.3, 0.4) is 0 Å². The summed E-state index contributed by atoms with van der Waals surface area (Å²) in [6.07, 6.45) is 1.52. The van der Waals surface area contributed by atoms with E-state index in [4.69, 9.17) is 34.8 Å². The highest BCUT2D eigenvalue weighted by Gasteiger charge is 2.14. The Balaban J connectivity index is 0.000000158. The Morgan fingerprint density at radius 1 is 0.641 bits per heavy atom. The van der Waals surface area contributed by atoms with E-state index >= 15 is 0 Å². The van der Waals surface area contributed by atoms with Crippen LogP contribution in [-0.2, 0) is 13.1 Å². The summed E-state index contributed by atoms with van der Waals surface area (Å²) in [6.45, 7) is 0.824. The van der Waals surface area contributed by atoms with Gasteiger partial charge in [0.2, 0.25) is 5.28 Å². The Bertz CT molecular complexity index is 2030. The highest BCUT2D eigenvalue weighted by molar-refractivity contribution is 6.31. The summed E-state index contributed by atoms with van der Waals surface area (Å²) in [5.41, 5.74) is 0.738. The van der Waals surface area contributed by atoms with Gasteiger partial charge >= 0.3 is 11.4 Å². The number of imidazole rings is 2. The van der Waals surface area contributed by atoms with Crippen LogP contribution in [0.4, 0.5) is 0 Å². The molecule has 0 saturated carbocycles. The minimum atomic E-state index is -0.615. The van der Waals surface area contributed by atoms with E-state index in [2.05, 4.69) is 29.9 Å². The van der Waals surface area contributed by atoms with E-state index in [0.717, 1.165) is 11.1 Å². The van der Waals surface area contributed by atoms with Crippen LogP contribution in [0.15, 0.2) is 74.0 Å². The normalized spacial score (nSPS) is 11.1. The molecule has 0 aliphatic heterocycles. The molecule has 0 saturated heterocycles. The molecule has 0 amide bonds. The third-order valence-corrected chi connectivity index (χ3v) is 6.42. The smallest absolute Gasteiger partial charge is 0.320 e. The van der Waals surface area contributed by atoms with Gasteiger partial charge in [0.15, 0.2) is 22.3 Å². The molecule has 2 aromatic carbocycles. The second kappa shape index (κ2) is 10.8. The van der Waals surface area contributed by atoms with E-state index < -0.39 is 22.5 Å². The number of aromatic nitrogens is 8. The zero-order chi connectivity index (χ0) is 27.7. The van der Waals surface area contributed by atoms with Gasteiger partial charge in [0.05, 0.1) is 12.9 Å². The Labute approximate surface area is 231 Å². The van der Waals surface area contributed by atoms with Crippen molar-refractivity contribution < 1.29 is 0 Å². The van der Waals surface area contributed by atoms with Crippen LogP contribution in [0.25, 0.3) is 22.3 Å². The first-order chi connectivity index (χ1) is 18.7. The van der Waals surface area contributed by atoms with E-state index in [1.54, 1.807) is 28.8 Å². The lowest BCUT2D eigenvalue weighted by Crippen LogP contribution is -2.23. The molecule has 0 spiro atoms. The predicted molar refractivity (Wildman–Crippen MR) is 148 cm³/mol. The van der Waals surface area contributed by atoms with Gasteiger partial charge < -0.3 is 9.13 Å². The first-order valence-corrected chi connectivity index (χ1v) is 12.4. The maximum Gasteiger partial charge on any atom is 0.327 e. The summed E-state index contributed by atoms with van der Waals surface area (Å²) >= 11 is 17.7. The Hall–Kier alpha value is -4.39. The maximum atomic E-state index is 11.9. The predicted octanol–water partition coefficient (Wildman–Crippen LogP) is 2.88. The zero-order valence-corrected chi connectivity index (χ0v) is 21.9. The summed E-state index contributed by atoms with van der Waals surface area (Å²) in [5, 5.41) is 1.40. The highest BCUT2D eigenvalue weighted by atomic mass is 35.5. The third-order valence-electron chi connectivity index (χ3n) is 5.63. The fourth-order valence-electron chi connectivity index (χ4n) is 3.88. The lowest BCUT2D eigenvalue weighted by molar-refractivity contribution is 0.818. The van der Waals surface area contributed by atoms with Crippen LogP contribution in [0.2, 0.25) is 15.3 Å². The summed E-state index contributed by atoms with van der Waals surface area (Å²) in [6, 6.07) is 14.4. The molecule has 0 radical (unpaired) electrons. The van der Waals surface area contributed by atoms with Crippen molar-refractivity contribution in [1.29, 1.82) is 0 Å². The number of hydrogen-bond donors (Lipinski definition) is 4. The van der Waals surface area contributed by atoms with Gasteiger partial charge in [-0.15, -0.1) is 0 Å². The van der Waals surface area contributed by atoms with Gasteiger partial charge in [0.1, 0.15) is 0 Å². The lowest BCUT2D eigenvalue weighted by Gasteiger charge is -2.05. The molecular formula is C24H17Cl3N8O4. The molecule has 0 unspecified atom stereocenters. The molecule has 0 fully saturated rings. The molecule has 12 nitrogen and oxygen atoms in total. The number of halogens is 3. The topological polar surface area (TPSA) is 167 Å². The quantitative estimate of drug-likeness (QED) is 0.231. The number of benzene rings is 2. The first kappa shape index (κ1) is 26.2. The molecule has 198 valence electrons. The standard InChI is InChI=1S/C12H8Cl2N4O2.C12H9ClN4O2/c13-7-3-1-6(2-4-7)5-18-8-9(15-11(18)14)16-12(20)17-10(8)19;13-8-3-1-7(2-4-8)5-17-6-14-10-9(17)11(18)16-12(19)15-10/h1-4H,5H2,(H2,16,17,19,20);1-4,6H,5H2,(H2,15,16,18,19). The van der Waals surface area contributed by atoms with Crippen molar-refractivity contribution in [3.05, 3.63) is 123 Å². The second-order valence-electron chi connectivity index (χ2n) is 8.30. The van der Waals surface area contributed by atoms with Gasteiger partial charge in [-0.2, -0.15) is 4.98 Å². The van der Waals surface area contributed by atoms with E-state index in [1.807, 2.05) is 24.3 Å². The monoisotopic (exact) mass is 586 g/mol. The van der Waals surface area contributed by atoms with E-state index in [-0.39, 0.29) is 22.1 Å². The van der Waals surface area contributed by atoms with Crippen molar-refractivity contribution in [3.8, 4) is 0 Å². The number of hydrogen-bond acceptors (Lipinski definition) is 6. The minimum Gasteiger partial charge on any atom is -0.320 e. The Morgan fingerprint density at radius 3 is 1.74 bits per heavy atom. The molecule has 6 aromatic rings. The number of H-pyrrole nitrogens is 4. The third kappa shape index (κ3) is 5.72. The molecule has 0 atom stereocenters. The summed E-state index contributed by atoms with van der Waals surface area (Å²) in [7, 11) is 0. The molecule has 15 heteroatoms. The highest BCUT2D eigenvalue weighted by Crippen LogP contribution is 2.18. The molecule has 6 rings (SSSR count). The van der Waals surface area contributed by atoms with Crippen LogP contribution < -0.4 is 22.5 Å². The van der Waals surface area contributed by atoms with E-state index in [0.29, 0.717) is 28.7 Å². The lowest BCUT2D eigenvalue weighted by atomic mass is 10.2. The zero-order valence-electron chi connectivity index (χ0n) is 19.7. The Kier molecular flexibility index (Phi) is 7.24. The van der Waals surface area contributed by atoms with Crippen LogP contribution in [0.1, 0.15) is 11.1 Å². The van der Waals surface area contributed by atoms with Crippen molar-refractivity contribution in [2.45, 2.75) is 13.1 Å². The number of aromatic amines is 4. The minimum absolute atomic E-state index is 0.127. The van der Waals surface area contributed by atoms with Crippen molar-refractivity contribution in [2.75, 3.05) is 0 Å². The molecule has 39 heavy (non-hydrogen) atoms. The molecule has 4 aromatic heterocycles. The van der Waals surface area contributed by atoms with Crippen molar-refractivity contribution >= 4 is 57.1 Å². The largest absolute Gasteiger partial charge is 0.327 e. The van der Waals surface area contributed by atoms with E-state index in [9.17, 15) is 19.2 Å². The van der Waals surface area contributed by atoms with Crippen molar-refractivity contribution in [3.63, 3.8) is 0 Å². The van der Waals surface area contributed by atoms with Gasteiger partial charge in [-0.1, -0.05) is 47.5 Å². The summed E-state index contributed by atoms with van der Waals surface area (Å²) in [4.78, 5) is 63.2. The fourth-order valence-corrected chi connectivity index (χ4v) is 4.36. The molecule has 0 bridgehead atoms. The van der Waals surface area contributed by atoms with Gasteiger partial charge in [0.25, 0.3) is 11.1 Å². The fraction of sp³-hybridized carbons (Fsp3) is 0.0833. The Morgan fingerprint density at radius 2 is 1.15 bits per heavy atom. The molecule has 4 heterocycles. The second-order valence-corrected chi connectivity index (χ2v) is 9.51. The number of nitrogens with zero attached hydrogens (tertiary/aromatic N) is 4. The summed E-state index contributed by atoms with van der Waals surface area (Å²) in [5.74, 6) is 0. The summed E-state index contributed by atoms with van der Waals surface area (Å²) < 4.78 is 3.20. The van der Waals surface area contributed by atoms with Gasteiger partial charge in [-0.05, 0) is 47.0 Å². The number of rotatable bonds is 4. The molecule has 4 N–H and O–H groups in total. The maximum absolute atomic E-state index is 11.9. The average Bonchev–Trinajstić information content (AvgIpc) is 3.42. The van der Waals surface area contributed by atoms with Crippen molar-refractivity contribution in [1.82, 2.24) is 39.0 Å². The number of fused-ring (bicyclic) bond motifs is 2. The van der Waals surface area contributed by atoms with E-state index in [1.165, 1.54) is 10.9 Å². The van der Waals surface area contributed by atoms with Crippen LogP contribution in [0, 0.1) is 0 Å². The first-order valence-electron chi connectivity index (χ1n) is 11.2. The molecular weight excluding hydrogens is 571 g/mol. The molecule has 0 aliphatic rings. The van der Waals surface area contributed by atoms with Crippen LogP contribution in [0.5, 0.6) is 0 Å². The van der Waals surface area contributed by atoms with Gasteiger partial charge in [0, 0.05) is 16.6 Å². The average molecular weight is 588 g/mol. The van der Waals surface area contributed by atoms with Crippen LogP contribution >= 0.6 is 34.8 Å². The van der Waals surface area contributed by atoms with Crippen molar-refractivity contribution in [2.24, 2.45) is 0 Å². The van der Waals surface area contributed by atoms with Gasteiger partial charge in [-0.25, -0.2) is 14.6 Å². The number of nitrogens with one attached hydrogen (secondary N) is 4. The van der Waals surface area contributed by atoms with Gasteiger partial charge in [-0.3, -0.25) is 29.5 Å². The molecule has 0 aliphatic carbocycles.